The fourth-order valence-corrected chi connectivity index (χ4v) is 15.4. The van der Waals surface area contributed by atoms with Crippen LogP contribution in [0.25, 0.3) is 0 Å². The zero-order valence-electron chi connectivity index (χ0n) is 14.5. The molecule has 10 fully saturated rings. The molecule has 0 bridgehead atoms. The molecule has 0 aromatic rings. The van der Waals surface area contributed by atoms with Crippen LogP contribution in [0.5, 0.6) is 0 Å². The second-order valence-electron chi connectivity index (χ2n) is 12.8. The molecule has 120 valence electrons. The Balaban J connectivity index is 1.16. The van der Waals surface area contributed by atoms with Crippen LogP contribution in [0.4, 0.5) is 0 Å². The molecule has 10 saturated carbocycles. The Morgan fingerprint density at radius 2 is 1.61 bits per heavy atom. The van der Waals surface area contributed by atoms with E-state index in [4.69, 9.17) is 0 Å². The summed E-state index contributed by atoms with van der Waals surface area (Å²) in [6.07, 6.45) is 10.1. The van der Waals surface area contributed by atoms with E-state index in [0.29, 0.717) is 0 Å². The van der Waals surface area contributed by atoms with E-state index in [2.05, 4.69) is 13.8 Å². The molecule has 23 heavy (non-hydrogen) atoms. The van der Waals surface area contributed by atoms with Crippen molar-refractivity contribution in [3.05, 3.63) is 0 Å². The molecule has 0 N–H and O–H groups in total. The van der Waals surface area contributed by atoms with E-state index < -0.39 is 0 Å². The highest BCUT2D eigenvalue weighted by molar-refractivity contribution is 5.62. The first-order chi connectivity index (χ1) is 11.1. The third-order valence-electron chi connectivity index (χ3n) is 14.9. The van der Waals surface area contributed by atoms with Gasteiger partial charge in [-0.05, 0) is 125 Å². The second kappa shape index (κ2) is 2.23. The standard InChI is InChI=1S/C23H28/c1-9-13-5-14-15-6-16-18-20(7-12-10-3-4-11(10)17(12)20)8-21(18)19(9,2)22(13,14)23(15,16)21/h9-18H,3-8H2,1-2H3. The van der Waals surface area contributed by atoms with Crippen LogP contribution in [0.15, 0.2) is 0 Å². The Labute approximate surface area is 139 Å². The minimum Gasteiger partial charge on any atom is -0.0617 e. The van der Waals surface area contributed by atoms with Crippen molar-refractivity contribution in [2.75, 3.05) is 0 Å². The molecule has 15 unspecified atom stereocenters. The molecule has 4 spiro atoms. The minimum atomic E-state index is 0.838. The van der Waals surface area contributed by atoms with Crippen LogP contribution in [0.3, 0.4) is 0 Å². The van der Waals surface area contributed by atoms with Gasteiger partial charge in [-0.3, -0.25) is 0 Å². The summed E-state index contributed by atoms with van der Waals surface area (Å²) in [7, 11) is 0. The average molecular weight is 304 g/mol. The summed E-state index contributed by atoms with van der Waals surface area (Å²) < 4.78 is 0. The summed E-state index contributed by atoms with van der Waals surface area (Å²) in [6.45, 7) is 5.52. The Kier molecular flexibility index (Phi) is 1.05. The van der Waals surface area contributed by atoms with Gasteiger partial charge >= 0.3 is 0 Å². The third-order valence-corrected chi connectivity index (χ3v) is 14.9. The van der Waals surface area contributed by atoms with E-state index >= 15 is 0 Å². The molecular formula is C23H28. The molecular weight excluding hydrogens is 276 g/mol. The van der Waals surface area contributed by atoms with Crippen LogP contribution in [-0.4, -0.2) is 0 Å². The lowest BCUT2D eigenvalue weighted by Gasteiger charge is -3.19. The first-order valence-electron chi connectivity index (χ1n) is 11.1. The Hall–Kier alpha value is 0. The van der Waals surface area contributed by atoms with Gasteiger partial charge in [0.05, 0.1) is 0 Å². The minimum absolute atomic E-state index is 0.838. The zero-order valence-corrected chi connectivity index (χ0v) is 14.5. The van der Waals surface area contributed by atoms with Crippen molar-refractivity contribution in [3.63, 3.8) is 0 Å². The van der Waals surface area contributed by atoms with E-state index in [1.165, 1.54) is 53.3 Å². The van der Waals surface area contributed by atoms with Gasteiger partial charge in [0.25, 0.3) is 0 Å². The first-order valence-corrected chi connectivity index (χ1v) is 11.1. The lowest BCUT2D eigenvalue weighted by atomic mass is 8.84. The van der Waals surface area contributed by atoms with Gasteiger partial charge in [-0.25, -0.2) is 0 Å². The van der Waals surface area contributed by atoms with Gasteiger partial charge in [0.2, 0.25) is 0 Å². The molecule has 10 aliphatic carbocycles. The van der Waals surface area contributed by atoms with Gasteiger partial charge in [-0.1, -0.05) is 13.8 Å². The maximum Gasteiger partial charge on any atom is -0.0102 e. The molecule has 15 atom stereocenters. The Bertz CT molecular complexity index is 766. The molecule has 0 amide bonds. The van der Waals surface area contributed by atoms with Crippen LogP contribution in [0, 0.1) is 86.3 Å². The van der Waals surface area contributed by atoms with Crippen LogP contribution in [0.2, 0.25) is 0 Å². The van der Waals surface area contributed by atoms with Crippen molar-refractivity contribution in [1.82, 2.24) is 0 Å². The molecule has 10 rings (SSSR count). The van der Waals surface area contributed by atoms with Crippen molar-refractivity contribution < 1.29 is 0 Å². The highest BCUT2D eigenvalue weighted by Crippen LogP contribution is 3.20. The zero-order chi connectivity index (χ0) is 14.5. The molecule has 10 aliphatic rings. The van der Waals surface area contributed by atoms with Crippen LogP contribution in [-0.2, 0) is 0 Å². The molecule has 0 saturated heterocycles. The second-order valence-corrected chi connectivity index (χ2v) is 12.8. The van der Waals surface area contributed by atoms with Crippen LogP contribution in [0.1, 0.15) is 52.4 Å². The summed E-state index contributed by atoms with van der Waals surface area (Å²) in [5.41, 5.74) is 4.67. The predicted octanol–water partition coefficient (Wildman–Crippen LogP) is 4.60. The van der Waals surface area contributed by atoms with Gasteiger partial charge in [0.1, 0.15) is 0 Å². The number of hydrogen-bond acceptors (Lipinski definition) is 0. The molecule has 0 heterocycles. The van der Waals surface area contributed by atoms with E-state index in [-0.39, 0.29) is 0 Å². The Morgan fingerprint density at radius 3 is 2.39 bits per heavy atom. The SMILES string of the molecule is CC1C2CC3C4CC5C6C7(CC8C9CCC9C87)CC67C1(C)C23C547. The summed E-state index contributed by atoms with van der Waals surface area (Å²) >= 11 is 0. The van der Waals surface area contributed by atoms with E-state index in [1.54, 1.807) is 38.5 Å². The van der Waals surface area contributed by atoms with Gasteiger partial charge in [-0.15, -0.1) is 0 Å². The molecule has 0 radical (unpaired) electrons. The van der Waals surface area contributed by atoms with Gasteiger partial charge in [-0.2, -0.15) is 0 Å². The highest BCUT2D eigenvalue weighted by atomic mass is 15.2. The van der Waals surface area contributed by atoms with Crippen molar-refractivity contribution in [2.45, 2.75) is 52.4 Å². The summed E-state index contributed by atoms with van der Waals surface area (Å²) in [6, 6.07) is 0. The van der Waals surface area contributed by atoms with Crippen LogP contribution < -0.4 is 0 Å². The summed E-state index contributed by atoms with van der Waals surface area (Å²) in [5.74, 6) is 12.3. The predicted molar refractivity (Wildman–Crippen MR) is 86.1 cm³/mol. The number of fused-ring (bicyclic) bond motifs is 8. The summed E-state index contributed by atoms with van der Waals surface area (Å²) in [5, 5.41) is 0. The van der Waals surface area contributed by atoms with E-state index in [9.17, 15) is 0 Å². The lowest BCUT2D eigenvalue weighted by Crippen LogP contribution is -3.16. The number of rotatable bonds is 0. The van der Waals surface area contributed by atoms with Crippen molar-refractivity contribution >= 4 is 0 Å². The van der Waals surface area contributed by atoms with Crippen molar-refractivity contribution in [2.24, 2.45) is 86.3 Å². The molecule has 0 aromatic carbocycles. The van der Waals surface area contributed by atoms with E-state index in [0.717, 1.165) is 33.0 Å². The van der Waals surface area contributed by atoms with Gasteiger partial charge in [0.15, 0.2) is 0 Å². The van der Waals surface area contributed by atoms with Crippen molar-refractivity contribution in [3.8, 4) is 0 Å². The largest absolute Gasteiger partial charge is 0.0617 e. The van der Waals surface area contributed by atoms with E-state index in [1.807, 2.05) is 0 Å². The van der Waals surface area contributed by atoms with Gasteiger partial charge < -0.3 is 0 Å². The smallest absolute Gasteiger partial charge is 0.0102 e. The lowest BCUT2D eigenvalue weighted by molar-refractivity contribution is -0.729. The average Bonchev–Trinajstić information content (AvgIpc) is 2.45. The molecule has 0 aliphatic heterocycles. The fraction of sp³-hybridized carbons (Fsp3) is 1.00. The molecule has 0 aromatic heterocycles. The summed E-state index contributed by atoms with van der Waals surface area (Å²) in [4.78, 5) is 0. The first kappa shape index (κ1) is 10.9. The normalized spacial score (nSPS) is 95.2. The Morgan fingerprint density at radius 1 is 0.826 bits per heavy atom. The molecule has 0 heteroatoms. The fourth-order valence-electron chi connectivity index (χ4n) is 15.4. The van der Waals surface area contributed by atoms with Gasteiger partial charge in [0, 0.05) is 0 Å². The van der Waals surface area contributed by atoms with Crippen LogP contribution >= 0.6 is 0 Å². The third kappa shape index (κ3) is 0.476. The monoisotopic (exact) mass is 304 g/mol. The number of hydrogen-bond donors (Lipinski definition) is 0. The topological polar surface area (TPSA) is 0 Å². The maximum absolute atomic E-state index is 2.83. The molecule has 0 nitrogen and oxygen atoms in total. The van der Waals surface area contributed by atoms with Crippen molar-refractivity contribution in [1.29, 1.82) is 0 Å². The quantitative estimate of drug-likeness (QED) is 0.614. The maximum atomic E-state index is 2.83. The highest BCUT2D eigenvalue weighted by Gasteiger charge is 3.16.